The highest BCUT2D eigenvalue weighted by Crippen LogP contribution is 2.29. The van der Waals surface area contributed by atoms with Crippen molar-refractivity contribution in [3.05, 3.63) is 39.1 Å². The lowest BCUT2D eigenvalue weighted by molar-refractivity contribution is 0.111. The van der Waals surface area contributed by atoms with E-state index in [-0.39, 0.29) is 0 Å². The highest BCUT2D eigenvalue weighted by molar-refractivity contribution is 9.10. The van der Waals surface area contributed by atoms with Gasteiger partial charge in [0.2, 0.25) is 0 Å². The van der Waals surface area contributed by atoms with Crippen molar-refractivity contribution in [2.45, 2.75) is 25.4 Å². The number of aromatic nitrogens is 1. The number of halogens is 1. The lowest BCUT2D eigenvalue weighted by atomic mass is 10.2. The van der Waals surface area contributed by atoms with Crippen molar-refractivity contribution in [3.63, 3.8) is 0 Å². The van der Waals surface area contributed by atoms with E-state index in [1.54, 1.807) is 11.3 Å². The maximum Gasteiger partial charge on any atom is 0.0958 e. The van der Waals surface area contributed by atoms with Gasteiger partial charge in [-0.25, -0.2) is 4.98 Å². The summed E-state index contributed by atoms with van der Waals surface area (Å²) in [4.78, 5) is 4.71. The number of thiazole rings is 1. The molecule has 0 radical (unpaired) electrons. The summed E-state index contributed by atoms with van der Waals surface area (Å²) in [5.41, 5.74) is 2.22. The Morgan fingerprint density at radius 2 is 2.28 bits per heavy atom. The van der Waals surface area contributed by atoms with Crippen LogP contribution in [0.5, 0.6) is 0 Å². The molecule has 0 saturated carbocycles. The van der Waals surface area contributed by atoms with Crippen LogP contribution in [0.1, 0.15) is 17.8 Å². The highest BCUT2D eigenvalue weighted by Gasteiger charge is 2.18. The number of hydrogen-bond donors (Lipinski definition) is 0. The molecule has 94 valence electrons. The molecule has 0 amide bonds. The minimum absolute atomic E-state index is 0.378. The van der Waals surface area contributed by atoms with Crippen LogP contribution in [0.3, 0.4) is 0 Å². The first-order valence-electron chi connectivity index (χ1n) is 6.14. The summed E-state index contributed by atoms with van der Waals surface area (Å²) >= 11 is 5.30. The maximum absolute atomic E-state index is 5.65. The molecule has 1 aromatic heterocycles. The first kappa shape index (κ1) is 12.3. The fourth-order valence-corrected chi connectivity index (χ4v) is 3.55. The molecule has 2 nitrogen and oxygen atoms in total. The van der Waals surface area contributed by atoms with Crippen LogP contribution in [0.15, 0.2) is 34.1 Å². The van der Waals surface area contributed by atoms with Gasteiger partial charge in [0.15, 0.2) is 0 Å². The van der Waals surface area contributed by atoms with Crippen LogP contribution in [0.2, 0.25) is 0 Å². The molecule has 0 bridgehead atoms. The second kappa shape index (κ2) is 5.51. The average molecular weight is 324 g/mol. The van der Waals surface area contributed by atoms with Crippen molar-refractivity contribution >= 4 is 27.3 Å². The molecule has 1 aliphatic heterocycles. The van der Waals surface area contributed by atoms with Crippen LogP contribution in [-0.4, -0.2) is 17.7 Å². The van der Waals surface area contributed by atoms with Crippen LogP contribution >= 0.6 is 27.3 Å². The van der Waals surface area contributed by atoms with E-state index < -0.39 is 0 Å². The predicted octanol–water partition coefficient (Wildman–Crippen LogP) is 4.29. The van der Waals surface area contributed by atoms with Crippen molar-refractivity contribution in [3.8, 4) is 11.3 Å². The lowest BCUT2D eigenvalue weighted by Crippen LogP contribution is -2.08. The quantitative estimate of drug-likeness (QED) is 0.840. The molecule has 1 atom stereocenters. The topological polar surface area (TPSA) is 22.1 Å². The molecule has 1 fully saturated rings. The van der Waals surface area contributed by atoms with Crippen molar-refractivity contribution < 1.29 is 4.74 Å². The minimum atomic E-state index is 0.378. The van der Waals surface area contributed by atoms with Crippen molar-refractivity contribution in [1.82, 2.24) is 4.98 Å². The van der Waals surface area contributed by atoms with Gasteiger partial charge in [0, 0.05) is 28.4 Å². The van der Waals surface area contributed by atoms with Crippen molar-refractivity contribution in [2.24, 2.45) is 0 Å². The fourth-order valence-electron chi connectivity index (χ4n) is 2.20. The Balaban J connectivity index is 1.79. The fraction of sp³-hybridized carbons (Fsp3) is 0.357. The summed E-state index contributed by atoms with van der Waals surface area (Å²) in [6.45, 7) is 0.910. The largest absolute Gasteiger partial charge is 0.378 e. The van der Waals surface area contributed by atoms with Gasteiger partial charge in [0.25, 0.3) is 0 Å². The third kappa shape index (κ3) is 2.66. The van der Waals surface area contributed by atoms with Gasteiger partial charge in [-0.1, -0.05) is 34.1 Å². The summed E-state index contributed by atoms with van der Waals surface area (Å²) < 4.78 is 6.75. The van der Waals surface area contributed by atoms with Gasteiger partial charge in [0.1, 0.15) is 0 Å². The van der Waals surface area contributed by atoms with Gasteiger partial charge in [0.05, 0.1) is 16.8 Å². The molecule has 1 aliphatic rings. The maximum atomic E-state index is 5.65. The van der Waals surface area contributed by atoms with Gasteiger partial charge in [-0.2, -0.15) is 0 Å². The Labute approximate surface area is 119 Å². The minimum Gasteiger partial charge on any atom is -0.378 e. The second-order valence-corrected chi connectivity index (χ2v) is 6.24. The van der Waals surface area contributed by atoms with E-state index in [0.29, 0.717) is 6.10 Å². The zero-order valence-electron chi connectivity index (χ0n) is 9.93. The van der Waals surface area contributed by atoms with Crippen LogP contribution in [0.4, 0.5) is 0 Å². The van der Waals surface area contributed by atoms with Gasteiger partial charge < -0.3 is 4.74 Å². The van der Waals surface area contributed by atoms with E-state index >= 15 is 0 Å². The van der Waals surface area contributed by atoms with Gasteiger partial charge >= 0.3 is 0 Å². The van der Waals surface area contributed by atoms with Crippen molar-refractivity contribution in [2.75, 3.05) is 6.61 Å². The van der Waals surface area contributed by atoms with E-state index in [1.165, 1.54) is 17.8 Å². The van der Waals surface area contributed by atoms with E-state index in [2.05, 4.69) is 33.4 Å². The molecule has 2 aromatic rings. The molecular formula is C14H14BrNOS. The summed E-state index contributed by atoms with van der Waals surface area (Å²) in [6.07, 6.45) is 3.69. The Morgan fingerprint density at radius 3 is 3.06 bits per heavy atom. The zero-order valence-corrected chi connectivity index (χ0v) is 12.3. The Bertz CT molecular complexity index is 534. The van der Waals surface area contributed by atoms with Crippen LogP contribution in [0, 0.1) is 0 Å². The van der Waals surface area contributed by atoms with E-state index in [9.17, 15) is 0 Å². The first-order chi connectivity index (χ1) is 8.83. The number of benzene rings is 1. The summed E-state index contributed by atoms with van der Waals surface area (Å²) in [7, 11) is 0. The van der Waals surface area contributed by atoms with E-state index in [1.807, 2.05) is 12.1 Å². The Kier molecular flexibility index (Phi) is 3.77. The molecule has 0 spiro atoms. The third-order valence-electron chi connectivity index (χ3n) is 3.13. The standard InChI is InChI=1S/C14H14BrNOS/c15-12-6-2-1-5-11(12)13-9-18-14(16-13)8-10-4-3-7-17-10/h1-2,5-6,9-10H,3-4,7-8H2. The molecule has 0 aliphatic carbocycles. The number of ether oxygens (including phenoxy) is 1. The average Bonchev–Trinajstić information content (AvgIpc) is 3.02. The summed E-state index contributed by atoms with van der Waals surface area (Å²) in [5, 5.41) is 3.30. The molecular weight excluding hydrogens is 310 g/mol. The Morgan fingerprint density at radius 1 is 1.39 bits per heavy atom. The monoisotopic (exact) mass is 323 g/mol. The predicted molar refractivity (Wildman–Crippen MR) is 77.9 cm³/mol. The molecule has 4 heteroatoms. The lowest BCUT2D eigenvalue weighted by Gasteiger charge is -2.05. The van der Waals surface area contributed by atoms with Gasteiger partial charge in [-0.3, -0.25) is 0 Å². The van der Waals surface area contributed by atoms with Gasteiger partial charge in [-0.05, 0) is 18.9 Å². The first-order valence-corrected chi connectivity index (χ1v) is 7.81. The normalized spacial score (nSPS) is 19.3. The Hall–Kier alpha value is -0.710. The van der Waals surface area contributed by atoms with Crippen LogP contribution in [0.25, 0.3) is 11.3 Å². The van der Waals surface area contributed by atoms with Crippen LogP contribution in [-0.2, 0) is 11.2 Å². The van der Waals surface area contributed by atoms with Crippen molar-refractivity contribution in [1.29, 1.82) is 0 Å². The summed E-state index contributed by atoms with van der Waals surface area (Å²) in [5.74, 6) is 0. The molecule has 0 N–H and O–H groups in total. The number of rotatable bonds is 3. The molecule has 18 heavy (non-hydrogen) atoms. The molecule has 1 saturated heterocycles. The third-order valence-corrected chi connectivity index (χ3v) is 4.69. The number of nitrogens with zero attached hydrogens (tertiary/aromatic N) is 1. The molecule has 2 heterocycles. The molecule has 3 rings (SSSR count). The SMILES string of the molecule is Brc1ccccc1-c1csc(CC2CCCO2)n1. The zero-order chi connectivity index (χ0) is 12.4. The second-order valence-electron chi connectivity index (χ2n) is 4.45. The van der Waals surface area contributed by atoms with E-state index in [4.69, 9.17) is 9.72 Å². The molecule has 1 unspecified atom stereocenters. The highest BCUT2D eigenvalue weighted by atomic mass is 79.9. The van der Waals surface area contributed by atoms with Crippen LogP contribution < -0.4 is 0 Å². The summed E-state index contributed by atoms with van der Waals surface area (Å²) in [6, 6.07) is 8.20. The molecule has 1 aromatic carbocycles. The number of hydrogen-bond acceptors (Lipinski definition) is 3. The van der Waals surface area contributed by atoms with Gasteiger partial charge in [-0.15, -0.1) is 11.3 Å². The smallest absolute Gasteiger partial charge is 0.0958 e. The van der Waals surface area contributed by atoms with E-state index in [0.717, 1.165) is 28.8 Å².